The normalized spacial score (nSPS) is 11.9. The molecule has 6 heterocycles. The molecule has 1 amide bonds. The largest absolute Gasteiger partial charge is 0.338 e. The van der Waals surface area contributed by atoms with Crippen LogP contribution >= 0.6 is 0 Å². The Kier molecular flexibility index (Phi) is 5.52. The van der Waals surface area contributed by atoms with Crippen LogP contribution in [0.5, 0.6) is 0 Å². The number of nitrogens with one attached hydrogen (secondary N) is 3. The molecule has 0 spiro atoms. The standard InChI is InChI=1S/C28H27N9O/c1-16-14-37(15-32-16)23-5-6-30-26-20(23)9-22(34-26)25-21-8-18(12-31-27(21)36-35-25)17-7-19(13-29-11-17)33-24(38)10-28(2,3)4/h5-9,11-15H,10H2,1-4H3,(H,30,34)(H,33,38)(H,31,35,36). The molecule has 38 heavy (non-hydrogen) atoms. The molecule has 3 N–H and O–H groups in total. The highest BCUT2D eigenvalue weighted by Crippen LogP contribution is 2.32. The van der Waals surface area contributed by atoms with Crippen molar-refractivity contribution in [2.45, 2.75) is 34.1 Å². The monoisotopic (exact) mass is 505 g/mol. The molecule has 6 aromatic heterocycles. The molecule has 0 aliphatic heterocycles. The minimum Gasteiger partial charge on any atom is -0.338 e. The fourth-order valence-corrected chi connectivity index (χ4v) is 4.54. The number of hydrogen-bond acceptors (Lipinski definition) is 6. The molecule has 0 radical (unpaired) electrons. The molecule has 6 aromatic rings. The topological polar surface area (TPSA) is 130 Å². The van der Waals surface area contributed by atoms with Crippen LogP contribution in [0.15, 0.2) is 61.6 Å². The molecule has 0 aliphatic carbocycles. The summed E-state index contributed by atoms with van der Waals surface area (Å²) >= 11 is 0. The van der Waals surface area contributed by atoms with Gasteiger partial charge in [-0.25, -0.2) is 15.0 Å². The van der Waals surface area contributed by atoms with Crippen LogP contribution in [0, 0.1) is 12.3 Å². The SMILES string of the molecule is Cc1cn(-c2ccnc3[nH]c(-c4[nH]nc5ncc(-c6cncc(NC(=O)CC(C)(C)C)c6)cc45)cc23)cn1. The van der Waals surface area contributed by atoms with Crippen LogP contribution in [0.25, 0.3) is 50.3 Å². The van der Waals surface area contributed by atoms with E-state index in [1.54, 1.807) is 31.1 Å². The van der Waals surface area contributed by atoms with Gasteiger partial charge in [0.15, 0.2) is 5.65 Å². The zero-order chi connectivity index (χ0) is 26.4. The Morgan fingerprint density at radius 2 is 1.87 bits per heavy atom. The minimum atomic E-state index is -0.0988. The van der Waals surface area contributed by atoms with E-state index in [-0.39, 0.29) is 11.3 Å². The Labute approximate surface area is 218 Å². The molecule has 10 heteroatoms. The molecule has 0 fully saturated rings. The average Bonchev–Trinajstić information content (AvgIpc) is 3.60. The summed E-state index contributed by atoms with van der Waals surface area (Å²) in [6.07, 6.45) is 11.1. The number of fused-ring (bicyclic) bond motifs is 2. The number of pyridine rings is 3. The molecular weight excluding hydrogens is 478 g/mol. The maximum absolute atomic E-state index is 12.4. The zero-order valence-electron chi connectivity index (χ0n) is 21.6. The molecule has 0 bridgehead atoms. The van der Waals surface area contributed by atoms with Gasteiger partial charge in [-0.2, -0.15) is 5.10 Å². The van der Waals surface area contributed by atoms with E-state index < -0.39 is 0 Å². The third kappa shape index (κ3) is 4.52. The average molecular weight is 506 g/mol. The number of aryl methyl sites for hydroxylation is 1. The summed E-state index contributed by atoms with van der Waals surface area (Å²) in [5, 5.41) is 12.3. The number of rotatable bonds is 5. The number of anilines is 1. The van der Waals surface area contributed by atoms with Crippen LogP contribution in [-0.4, -0.2) is 45.6 Å². The van der Waals surface area contributed by atoms with Gasteiger partial charge in [-0.15, -0.1) is 0 Å². The van der Waals surface area contributed by atoms with Crippen LogP contribution in [0.2, 0.25) is 0 Å². The Hall–Kier alpha value is -4.86. The number of H-pyrrole nitrogens is 2. The van der Waals surface area contributed by atoms with Crippen molar-refractivity contribution in [2.24, 2.45) is 5.41 Å². The molecule has 0 saturated heterocycles. The van der Waals surface area contributed by atoms with Crippen LogP contribution in [0.1, 0.15) is 32.9 Å². The lowest BCUT2D eigenvalue weighted by molar-refractivity contribution is -0.117. The minimum absolute atomic E-state index is 0.0419. The van der Waals surface area contributed by atoms with Gasteiger partial charge in [-0.1, -0.05) is 20.8 Å². The van der Waals surface area contributed by atoms with E-state index in [2.05, 4.69) is 46.5 Å². The van der Waals surface area contributed by atoms with Crippen LogP contribution in [0.3, 0.4) is 0 Å². The van der Waals surface area contributed by atoms with Gasteiger partial charge in [0.1, 0.15) is 5.65 Å². The highest BCUT2D eigenvalue weighted by atomic mass is 16.1. The van der Waals surface area contributed by atoms with Crippen molar-refractivity contribution in [3.8, 4) is 28.2 Å². The van der Waals surface area contributed by atoms with Crippen molar-refractivity contribution < 1.29 is 4.79 Å². The van der Waals surface area contributed by atoms with Gasteiger partial charge in [0, 0.05) is 53.1 Å². The van der Waals surface area contributed by atoms with Crippen molar-refractivity contribution in [1.29, 1.82) is 0 Å². The van der Waals surface area contributed by atoms with E-state index in [1.807, 2.05) is 56.7 Å². The summed E-state index contributed by atoms with van der Waals surface area (Å²) in [6.45, 7) is 8.07. The van der Waals surface area contributed by atoms with Crippen molar-refractivity contribution >= 4 is 33.7 Å². The first-order valence-corrected chi connectivity index (χ1v) is 12.3. The van der Waals surface area contributed by atoms with Gasteiger partial charge in [0.05, 0.1) is 41.0 Å². The number of amides is 1. The van der Waals surface area contributed by atoms with Crippen LogP contribution < -0.4 is 5.32 Å². The van der Waals surface area contributed by atoms with E-state index >= 15 is 0 Å². The molecule has 6 rings (SSSR count). The Morgan fingerprint density at radius 3 is 2.66 bits per heavy atom. The zero-order valence-corrected chi connectivity index (χ0v) is 21.6. The molecule has 0 aliphatic rings. The Morgan fingerprint density at radius 1 is 1.03 bits per heavy atom. The molecule has 0 unspecified atom stereocenters. The van der Waals surface area contributed by atoms with E-state index in [0.29, 0.717) is 17.8 Å². The highest BCUT2D eigenvalue weighted by molar-refractivity contribution is 5.97. The number of hydrogen-bond donors (Lipinski definition) is 3. The van der Waals surface area contributed by atoms with Gasteiger partial charge in [0.2, 0.25) is 5.91 Å². The third-order valence-corrected chi connectivity index (χ3v) is 6.22. The van der Waals surface area contributed by atoms with Crippen molar-refractivity contribution in [3.63, 3.8) is 0 Å². The second-order valence-corrected chi connectivity index (χ2v) is 10.6. The van der Waals surface area contributed by atoms with Crippen LogP contribution in [0.4, 0.5) is 5.69 Å². The summed E-state index contributed by atoms with van der Waals surface area (Å²) in [6, 6.07) is 7.95. The van der Waals surface area contributed by atoms with Gasteiger partial charge < -0.3 is 14.9 Å². The summed E-state index contributed by atoms with van der Waals surface area (Å²) in [5.41, 5.74) is 7.20. The molecule has 190 valence electrons. The lowest BCUT2D eigenvalue weighted by atomic mass is 9.92. The predicted molar refractivity (Wildman–Crippen MR) is 147 cm³/mol. The van der Waals surface area contributed by atoms with E-state index in [0.717, 1.165) is 50.3 Å². The third-order valence-electron chi connectivity index (χ3n) is 6.22. The maximum Gasteiger partial charge on any atom is 0.224 e. The molecule has 0 aromatic carbocycles. The van der Waals surface area contributed by atoms with E-state index in [9.17, 15) is 4.79 Å². The van der Waals surface area contributed by atoms with E-state index in [1.165, 1.54) is 0 Å². The summed E-state index contributed by atoms with van der Waals surface area (Å²) in [4.78, 5) is 33.6. The maximum atomic E-state index is 12.4. The first kappa shape index (κ1) is 23.5. The summed E-state index contributed by atoms with van der Waals surface area (Å²) in [5.74, 6) is -0.0419. The lowest BCUT2D eigenvalue weighted by Gasteiger charge is -2.17. The van der Waals surface area contributed by atoms with Gasteiger partial charge in [0.25, 0.3) is 0 Å². The number of imidazole rings is 1. The van der Waals surface area contributed by atoms with Crippen molar-refractivity contribution in [2.75, 3.05) is 5.32 Å². The fourth-order valence-electron chi connectivity index (χ4n) is 4.54. The summed E-state index contributed by atoms with van der Waals surface area (Å²) < 4.78 is 1.99. The number of aromatic nitrogens is 8. The van der Waals surface area contributed by atoms with Gasteiger partial charge in [-0.3, -0.25) is 14.9 Å². The second-order valence-electron chi connectivity index (χ2n) is 10.6. The van der Waals surface area contributed by atoms with Crippen molar-refractivity contribution in [3.05, 3.63) is 67.3 Å². The first-order chi connectivity index (χ1) is 18.2. The van der Waals surface area contributed by atoms with Crippen molar-refractivity contribution in [1.82, 2.24) is 39.7 Å². The molecule has 0 saturated carbocycles. The lowest BCUT2D eigenvalue weighted by Crippen LogP contribution is -2.19. The highest BCUT2D eigenvalue weighted by Gasteiger charge is 2.17. The first-order valence-electron chi connectivity index (χ1n) is 12.3. The molecule has 0 atom stereocenters. The quantitative estimate of drug-likeness (QED) is 0.286. The predicted octanol–water partition coefficient (Wildman–Crippen LogP) is 5.43. The smallest absolute Gasteiger partial charge is 0.224 e. The Bertz CT molecular complexity index is 1800. The van der Waals surface area contributed by atoms with Crippen LogP contribution in [-0.2, 0) is 4.79 Å². The van der Waals surface area contributed by atoms with Gasteiger partial charge in [-0.05, 0) is 36.6 Å². The molecular formula is C28H27N9O. The number of nitrogens with zero attached hydrogens (tertiary/aromatic N) is 6. The number of aromatic amines is 2. The second kappa shape index (κ2) is 8.91. The van der Waals surface area contributed by atoms with E-state index in [4.69, 9.17) is 0 Å². The van der Waals surface area contributed by atoms with Gasteiger partial charge >= 0.3 is 0 Å². The number of carbonyl (C=O) groups excluding carboxylic acids is 1. The molecule has 10 nitrogen and oxygen atoms in total. The summed E-state index contributed by atoms with van der Waals surface area (Å²) in [7, 11) is 0. The number of carbonyl (C=O) groups is 1. The Balaban J connectivity index is 1.36. The fraction of sp³-hybridized carbons (Fsp3) is 0.214.